The third-order valence-corrected chi connectivity index (χ3v) is 3.76. The number of nitrogens with one attached hydrogen (secondary N) is 1. The molecule has 6 heteroatoms. The van der Waals surface area contributed by atoms with E-state index in [-0.39, 0.29) is 5.69 Å². The molecular formula is C13H19N3O3. The lowest BCUT2D eigenvalue weighted by Crippen LogP contribution is -2.40. The van der Waals surface area contributed by atoms with Gasteiger partial charge in [0, 0.05) is 12.6 Å². The molecule has 0 spiro atoms. The summed E-state index contributed by atoms with van der Waals surface area (Å²) < 4.78 is 0. The van der Waals surface area contributed by atoms with Crippen molar-refractivity contribution in [2.75, 3.05) is 11.9 Å². The maximum atomic E-state index is 10.5. The number of nitrogens with zero attached hydrogens (tertiary/aromatic N) is 2. The number of anilines is 1. The van der Waals surface area contributed by atoms with E-state index < -0.39 is 10.5 Å². The molecule has 0 atom stereocenters. The fourth-order valence-electron chi connectivity index (χ4n) is 2.33. The Morgan fingerprint density at radius 1 is 1.53 bits per heavy atom. The van der Waals surface area contributed by atoms with Crippen LogP contribution in [0.1, 0.15) is 32.6 Å². The lowest BCUT2D eigenvalue weighted by atomic mass is 9.79. The zero-order valence-electron chi connectivity index (χ0n) is 11.0. The standard InChI is InChI=1S/C13H19N3O3/c1-10-4-6-13(17,7-5-10)9-15-12-3-2-11(8-14-12)16(18)19/h2-3,8,10,17H,4-7,9H2,1H3,(H,14,15). The molecule has 104 valence electrons. The van der Waals surface area contributed by atoms with Crippen LogP contribution in [0.2, 0.25) is 0 Å². The number of aromatic nitrogens is 1. The van der Waals surface area contributed by atoms with E-state index in [1.54, 1.807) is 6.07 Å². The second kappa shape index (κ2) is 5.52. The van der Waals surface area contributed by atoms with Gasteiger partial charge in [-0.1, -0.05) is 6.92 Å². The quantitative estimate of drug-likeness (QED) is 0.644. The number of hydrogen-bond acceptors (Lipinski definition) is 5. The minimum atomic E-state index is -0.685. The van der Waals surface area contributed by atoms with E-state index >= 15 is 0 Å². The first kappa shape index (κ1) is 13.7. The predicted molar refractivity (Wildman–Crippen MR) is 72.0 cm³/mol. The fraction of sp³-hybridized carbons (Fsp3) is 0.615. The van der Waals surface area contributed by atoms with Gasteiger partial charge in [-0.25, -0.2) is 4.98 Å². The van der Waals surface area contributed by atoms with E-state index in [1.165, 1.54) is 12.3 Å². The van der Waals surface area contributed by atoms with Gasteiger partial charge >= 0.3 is 0 Å². The molecule has 1 saturated carbocycles. The van der Waals surface area contributed by atoms with Crippen molar-refractivity contribution in [3.63, 3.8) is 0 Å². The first-order chi connectivity index (χ1) is 8.98. The highest BCUT2D eigenvalue weighted by molar-refractivity contribution is 5.40. The normalized spacial score (nSPS) is 26.9. The molecule has 1 fully saturated rings. The summed E-state index contributed by atoms with van der Waals surface area (Å²) in [5, 5.41) is 24.0. The van der Waals surface area contributed by atoms with Crippen LogP contribution in [0.5, 0.6) is 0 Å². The van der Waals surface area contributed by atoms with E-state index in [4.69, 9.17) is 0 Å². The molecule has 1 heterocycles. The number of pyridine rings is 1. The van der Waals surface area contributed by atoms with Crippen LogP contribution < -0.4 is 5.32 Å². The molecule has 2 rings (SSSR count). The van der Waals surface area contributed by atoms with Crippen molar-refractivity contribution >= 4 is 11.5 Å². The summed E-state index contributed by atoms with van der Waals surface area (Å²) in [6.07, 6.45) is 4.86. The van der Waals surface area contributed by atoms with E-state index in [1.807, 2.05) is 0 Å². The Morgan fingerprint density at radius 3 is 2.74 bits per heavy atom. The second-order valence-electron chi connectivity index (χ2n) is 5.42. The molecule has 1 aromatic heterocycles. The van der Waals surface area contributed by atoms with Gasteiger partial charge in [0.15, 0.2) is 0 Å². The van der Waals surface area contributed by atoms with Crippen molar-refractivity contribution in [3.8, 4) is 0 Å². The summed E-state index contributed by atoms with van der Waals surface area (Å²) in [7, 11) is 0. The largest absolute Gasteiger partial charge is 0.388 e. The Kier molecular flexibility index (Phi) is 3.99. The average Bonchev–Trinajstić information content (AvgIpc) is 2.41. The minimum Gasteiger partial charge on any atom is -0.388 e. The topological polar surface area (TPSA) is 88.3 Å². The van der Waals surface area contributed by atoms with Gasteiger partial charge in [-0.2, -0.15) is 0 Å². The Labute approximate surface area is 112 Å². The zero-order valence-corrected chi connectivity index (χ0v) is 11.0. The Hall–Kier alpha value is -1.69. The molecule has 1 aliphatic carbocycles. The van der Waals surface area contributed by atoms with Crippen LogP contribution in [0.3, 0.4) is 0 Å². The Morgan fingerprint density at radius 2 is 2.21 bits per heavy atom. The van der Waals surface area contributed by atoms with Crippen molar-refractivity contribution < 1.29 is 10.0 Å². The van der Waals surface area contributed by atoms with Gasteiger partial charge in [-0.15, -0.1) is 0 Å². The monoisotopic (exact) mass is 265 g/mol. The highest BCUT2D eigenvalue weighted by Crippen LogP contribution is 2.31. The van der Waals surface area contributed by atoms with Crippen LogP contribution in [-0.2, 0) is 0 Å². The lowest BCUT2D eigenvalue weighted by molar-refractivity contribution is -0.385. The van der Waals surface area contributed by atoms with Crippen molar-refractivity contribution in [2.45, 2.75) is 38.2 Å². The number of aliphatic hydroxyl groups is 1. The molecule has 0 aromatic carbocycles. The number of hydrogen-bond donors (Lipinski definition) is 2. The van der Waals surface area contributed by atoms with Gasteiger partial charge in [-0.05, 0) is 37.7 Å². The van der Waals surface area contributed by atoms with Crippen molar-refractivity contribution in [1.29, 1.82) is 0 Å². The third kappa shape index (κ3) is 3.64. The third-order valence-electron chi connectivity index (χ3n) is 3.76. The molecule has 19 heavy (non-hydrogen) atoms. The fourth-order valence-corrected chi connectivity index (χ4v) is 2.33. The summed E-state index contributed by atoms with van der Waals surface area (Å²) in [6, 6.07) is 2.97. The van der Waals surface area contributed by atoms with Gasteiger partial charge in [-0.3, -0.25) is 10.1 Å². The van der Waals surface area contributed by atoms with Gasteiger partial charge in [0.1, 0.15) is 12.0 Å². The maximum absolute atomic E-state index is 10.5. The summed E-state index contributed by atoms with van der Waals surface area (Å²) in [5.41, 5.74) is -0.716. The highest BCUT2D eigenvalue weighted by atomic mass is 16.6. The molecule has 6 nitrogen and oxygen atoms in total. The zero-order chi connectivity index (χ0) is 13.9. The molecule has 0 unspecified atom stereocenters. The van der Waals surface area contributed by atoms with E-state index in [0.717, 1.165) is 25.7 Å². The molecule has 0 saturated heterocycles. The smallest absolute Gasteiger partial charge is 0.287 e. The summed E-state index contributed by atoms with van der Waals surface area (Å²) in [5.74, 6) is 1.23. The van der Waals surface area contributed by atoms with Crippen LogP contribution in [0.15, 0.2) is 18.3 Å². The first-order valence-electron chi connectivity index (χ1n) is 6.55. The Balaban J connectivity index is 1.89. The minimum absolute atomic E-state index is 0.0317. The van der Waals surface area contributed by atoms with Gasteiger partial charge in [0.25, 0.3) is 5.69 Å². The predicted octanol–water partition coefficient (Wildman–Crippen LogP) is 2.34. The van der Waals surface area contributed by atoms with E-state index in [2.05, 4.69) is 17.2 Å². The maximum Gasteiger partial charge on any atom is 0.287 e. The van der Waals surface area contributed by atoms with Crippen molar-refractivity contribution in [2.24, 2.45) is 5.92 Å². The van der Waals surface area contributed by atoms with Crippen molar-refractivity contribution in [3.05, 3.63) is 28.4 Å². The summed E-state index contributed by atoms with van der Waals surface area (Å²) >= 11 is 0. The summed E-state index contributed by atoms with van der Waals surface area (Å²) in [4.78, 5) is 14.0. The van der Waals surface area contributed by atoms with Gasteiger partial charge in [0.05, 0.1) is 10.5 Å². The second-order valence-corrected chi connectivity index (χ2v) is 5.42. The molecule has 1 aliphatic rings. The van der Waals surface area contributed by atoms with Crippen LogP contribution >= 0.6 is 0 Å². The number of rotatable bonds is 4. The van der Waals surface area contributed by atoms with E-state index in [0.29, 0.717) is 18.3 Å². The van der Waals surface area contributed by atoms with Crippen LogP contribution in [0, 0.1) is 16.0 Å². The van der Waals surface area contributed by atoms with Gasteiger partial charge < -0.3 is 10.4 Å². The Bertz CT molecular complexity index is 439. The highest BCUT2D eigenvalue weighted by Gasteiger charge is 2.31. The van der Waals surface area contributed by atoms with E-state index in [9.17, 15) is 15.2 Å². The van der Waals surface area contributed by atoms with Crippen LogP contribution in [0.25, 0.3) is 0 Å². The lowest BCUT2D eigenvalue weighted by Gasteiger charge is -2.35. The molecule has 2 N–H and O–H groups in total. The molecule has 0 aliphatic heterocycles. The van der Waals surface area contributed by atoms with Gasteiger partial charge in [0.2, 0.25) is 0 Å². The molecule has 0 radical (unpaired) electrons. The molecule has 1 aromatic rings. The summed E-state index contributed by atoms with van der Waals surface area (Å²) in [6.45, 7) is 2.63. The first-order valence-corrected chi connectivity index (χ1v) is 6.55. The molecular weight excluding hydrogens is 246 g/mol. The van der Waals surface area contributed by atoms with Crippen LogP contribution in [-0.4, -0.2) is 27.2 Å². The SMILES string of the molecule is CC1CCC(O)(CNc2ccc([N+](=O)[O-])cn2)CC1. The average molecular weight is 265 g/mol. The molecule has 0 amide bonds. The number of nitro groups is 1. The van der Waals surface area contributed by atoms with Crippen LogP contribution in [0.4, 0.5) is 11.5 Å². The molecule has 0 bridgehead atoms. The van der Waals surface area contributed by atoms with Crippen molar-refractivity contribution in [1.82, 2.24) is 4.98 Å².